The Balaban J connectivity index is 2.11. The molecule has 1 heteroatoms. The van der Waals surface area contributed by atoms with Gasteiger partial charge in [0.25, 0.3) is 0 Å². The fourth-order valence-corrected chi connectivity index (χ4v) is 1.54. The van der Waals surface area contributed by atoms with Crippen LogP contribution in [0, 0.1) is 0 Å². The van der Waals surface area contributed by atoms with Gasteiger partial charge < -0.3 is 4.42 Å². The van der Waals surface area contributed by atoms with E-state index in [1.807, 2.05) is 12.1 Å². The SMILES string of the molecule is C=CC/C=C/Cc1ccc2ccoc2c1. The Bertz CT molecular complexity index is 477. The molecule has 0 bridgehead atoms. The van der Waals surface area contributed by atoms with Gasteiger partial charge in [0, 0.05) is 5.39 Å². The Morgan fingerprint density at radius 3 is 3.00 bits per heavy atom. The second-order valence-electron chi connectivity index (χ2n) is 3.49. The zero-order valence-corrected chi connectivity index (χ0v) is 8.65. The van der Waals surface area contributed by atoms with Gasteiger partial charge in [-0.3, -0.25) is 0 Å². The summed E-state index contributed by atoms with van der Waals surface area (Å²) in [5.74, 6) is 0. The molecule has 1 heterocycles. The van der Waals surface area contributed by atoms with Crippen LogP contribution in [-0.2, 0) is 6.42 Å². The van der Waals surface area contributed by atoms with Gasteiger partial charge in [0.2, 0.25) is 0 Å². The first-order valence-electron chi connectivity index (χ1n) is 5.12. The van der Waals surface area contributed by atoms with Crippen molar-refractivity contribution in [2.75, 3.05) is 0 Å². The number of furan rings is 1. The quantitative estimate of drug-likeness (QED) is 0.674. The van der Waals surface area contributed by atoms with E-state index >= 15 is 0 Å². The monoisotopic (exact) mass is 198 g/mol. The van der Waals surface area contributed by atoms with Crippen molar-refractivity contribution in [3.05, 3.63) is 60.9 Å². The molecule has 15 heavy (non-hydrogen) atoms. The maximum absolute atomic E-state index is 5.35. The molecule has 0 unspecified atom stereocenters. The van der Waals surface area contributed by atoms with Crippen LogP contribution >= 0.6 is 0 Å². The largest absolute Gasteiger partial charge is 0.464 e. The Labute approximate surface area is 89.7 Å². The molecule has 1 aromatic carbocycles. The molecular formula is C14H14O. The Kier molecular flexibility index (Phi) is 3.03. The molecule has 0 aliphatic rings. The van der Waals surface area contributed by atoms with Crippen LogP contribution in [0.25, 0.3) is 11.0 Å². The van der Waals surface area contributed by atoms with Gasteiger partial charge in [0.1, 0.15) is 5.58 Å². The van der Waals surface area contributed by atoms with E-state index in [0.29, 0.717) is 0 Å². The van der Waals surface area contributed by atoms with Crippen molar-refractivity contribution in [3.8, 4) is 0 Å². The number of hydrogen-bond donors (Lipinski definition) is 0. The zero-order chi connectivity index (χ0) is 10.5. The summed E-state index contributed by atoms with van der Waals surface area (Å²) in [6, 6.07) is 8.30. The zero-order valence-electron chi connectivity index (χ0n) is 8.65. The highest BCUT2D eigenvalue weighted by molar-refractivity contribution is 5.77. The van der Waals surface area contributed by atoms with Crippen LogP contribution in [0.2, 0.25) is 0 Å². The lowest BCUT2D eigenvalue weighted by Crippen LogP contribution is -1.79. The average molecular weight is 198 g/mol. The van der Waals surface area contributed by atoms with E-state index in [-0.39, 0.29) is 0 Å². The van der Waals surface area contributed by atoms with Gasteiger partial charge >= 0.3 is 0 Å². The smallest absolute Gasteiger partial charge is 0.134 e. The van der Waals surface area contributed by atoms with Crippen molar-refractivity contribution in [2.24, 2.45) is 0 Å². The van der Waals surface area contributed by atoms with Gasteiger partial charge in [-0.2, -0.15) is 0 Å². The Morgan fingerprint density at radius 1 is 1.20 bits per heavy atom. The van der Waals surface area contributed by atoms with E-state index in [1.165, 1.54) is 5.56 Å². The van der Waals surface area contributed by atoms with Gasteiger partial charge in [-0.1, -0.05) is 30.4 Å². The summed E-state index contributed by atoms with van der Waals surface area (Å²) in [4.78, 5) is 0. The van der Waals surface area contributed by atoms with Crippen LogP contribution in [0.5, 0.6) is 0 Å². The van der Waals surface area contributed by atoms with Crippen LogP contribution in [0.1, 0.15) is 12.0 Å². The van der Waals surface area contributed by atoms with Crippen LogP contribution in [0.3, 0.4) is 0 Å². The lowest BCUT2D eigenvalue weighted by molar-refractivity contribution is 0.615. The fourth-order valence-electron chi connectivity index (χ4n) is 1.54. The normalized spacial score (nSPS) is 11.2. The van der Waals surface area contributed by atoms with Gasteiger partial charge in [-0.15, -0.1) is 6.58 Å². The third-order valence-electron chi connectivity index (χ3n) is 2.34. The molecular weight excluding hydrogens is 184 g/mol. The Hall–Kier alpha value is -1.76. The minimum atomic E-state index is 0.934. The van der Waals surface area contributed by atoms with Gasteiger partial charge in [0.15, 0.2) is 0 Å². The maximum atomic E-state index is 5.35. The van der Waals surface area contributed by atoms with Crippen LogP contribution in [0.4, 0.5) is 0 Å². The van der Waals surface area contributed by atoms with E-state index in [1.54, 1.807) is 6.26 Å². The van der Waals surface area contributed by atoms with E-state index in [4.69, 9.17) is 4.42 Å². The predicted molar refractivity (Wildman–Crippen MR) is 63.9 cm³/mol. The fraction of sp³-hybridized carbons (Fsp3) is 0.143. The highest BCUT2D eigenvalue weighted by Crippen LogP contribution is 2.17. The lowest BCUT2D eigenvalue weighted by Gasteiger charge is -1.95. The molecule has 0 amide bonds. The van der Waals surface area contributed by atoms with Crippen molar-refractivity contribution in [2.45, 2.75) is 12.8 Å². The minimum Gasteiger partial charge on any atom is -0.464 e. The third-order valence-corrected chi connectivity index (χ3v) is 2.34. The van der Waals surface area contributed by atoms with Gasteiger partial charge in [-0.25, -0.2) is 0 Å². The van der Waals surface area contributed by atoms with E-state index in [0.717, 1.165) is 23.8 Å². The summed E-state index contributed by atoms with van der Waals surface area (Å²) >= 11 is 0. The topological polar surface area (TPSA) is 13.1 Å². The van der Waals surface area contributed by atoms with Crippen molar-refractivity contribution in [3.63, 3.8) is 0 Å². The molecule has 1 aromatic heterocycles. The number of allylic oxidation sites excluding steroid dienone is 3. The first-order chi connectivity index (χ1) is 7.40. The number of rotatable bonds is 4. The summed E-state index contributed by atoms with van der Waals surface area (Å²) in [6.45, 7) is 3.67. The second kappa shape index (κ2) is 4.65. The summed E-state index contributed by atoms with van der Waals surface area (Å²) in [5, 5.41) is 1.16. The number of fused-ring (bicyclic) bond motifs is 1. The summed E-state index contributed by atoms with van der Waals surface area (Å²) in [6.07, 6.45) is 9.78. The summed E-state index contributed by atoms with van der Waals surface area (Å²) < 4.78 is 5.35. The van der Waals surface area contributed by atoms with Crippen molar-refractivity contribution < 1.29 is 4.42 Å². The second-order valence-corrected chi connectivity index (χ2v) is 3.49. The lowest BCUT2D eigenvalue weighted by atomic mass is 10.1. The molecule has 0 fully saturated rings. The first kappa shape index (κ1) is 9.78. The molecule has 0 spiro atoms. The molecule has 0 saturated heterocycles. The summed E-state index contributed by atoms with van der Waals surface area (Å²) in [5.41, 5.74) is 2.24. The van der Waals surface area contributed by atoms with E-state index < -0.39 is 0 Å². The molecule has 0 aliphatic carbocycles. The standard InChI is InChI=1S/C14H14O/c1-2-3-4-5-6-12-7-8-13-9-10-15-14(13)11-12/h2,4-5,7-11H,1,3,6H2/b5-4+. The molecule has 0 N–H and O–H groups in total. The van der Waals surface area contributed by atoms with E-state index in [2.05, 4.69) is 36.9 Å². The highest BCUT2D eigenvalue weighted by Gasteiger charge is 1.96. The van der Waals surface area contributed by atoms with Crippen LogP contribution in [-0.4, -0.2) is 0 Å². The molecule has 2 rings (SSSR count). The molecule has 0 atom stereocenters. The summed E-state index contributed by atoms with van der Waals surface area (Å²) in [7, 11) is 0. The van der Waals surface area contributed by atoms with Gasteiger partial charge in [0.05, 0.1) is 6.26 Å². The Morgan fingerprint density at radius 2 is 2.13 bits per heavy atom. The molecule has 0 saturated carbocycles. The molecule has 76 valence electrons. The molecule has 2 aromatic rings. The first-order valence-corrected chi connectivity index (χ1v) is 5.12. The van der Waals surface area contributed by atoms with Crippen LogP contribution < -0.4 is 0 Å². The van der Waals surface area contributed by atoms with Crippen LogP contribution in [0.15, 0.2) is 59.8 Å². The highest BCUT2D eigenvalue weighted by atomic mass is 16.3. The van der Waals surface area contributed by atoms with Crippen molar-refractivity contribution in [1.82, 2.24) is 0 Å². The average Bonchev–Trinajstić information content (AvgIpc) is 2.71. The number of hydrogen-bond acceptors (Lipinski definition) is 1. The van der Waals surface area contributed by atoms with Gasteiger partial charge in [-0.05, 0) is 30.5 Å². The molecule has 1 nitrogen and oxygen atoms in total. The third kappa shape index (κ3) is 2.38. The maximum Gasteiger partial charge on any atom is 0.134 e. The molecule has 0 radical (unpaired) electrons. The van der Waals surface area contributed by atoms with Crippen molar-refractivity contribution >= 4 is 11.0 Å². The minimum absolute atomic E-state index is 0.934. The van der Waals surface area contributed by atoms with Crippen molar-refractivity contribution in [1.29, 1.82) is 0 Å². The predicted octanol–water partition coefficient (Wildman–Crippen LogP) is 4.11. The molecule has 0 aliphatic heterocycles. The van der Waals surface area contributed by atoms with E-state index in [9.17, 15) is 0 Å². The number of benzene rings is 1.